The molecule has 0 unspecified atom stereocenters. The third kappa shape index (κ3) is 4.65. The van der Waals surface area contributed by atoms with Gasteiger partial charge in [0.25, 0.3) is 0 Å². The van der Waals surface area contributed by atoms with Crippen molar-refractivity contribution in [1.82, 2.24) is 4.31 Å². The number of hydrogen-bond donors (Lipinski definition) is 1. The monoisotopic (exact) mass is 355 g/mol. The van der Waals surface area contributed by atoms with Crippen molar-refractivity contribution in [1.29, 1.82) is 0 Å². The van der Waals surface area contributed by atoms with Gasteiger partial charge in [-0.1, -0.05) is 11.6 Å². The lowest BCUT2D eigenvalue weighted by molar-refractivity contribution is 0.0640. The maximum Gasteiger partial charge on any atom is 0.244 e. The van der Waals surface area contributed by atoms with Crippen LogP contribution in [0.25, 0.3) is 0 Å². The smallest absolute Gasteiger partial charge is 0.244 e. The van der Waals surface area contributed by atoms with Gasteiger partial charge in [0, 0.05) is 19.8 Å². The number of nitrogens with zero attached hydrogens (tertiary/aromatic N) is 1. The van der Waals surface area contributed by atoms with Crippen LogP contribution in [0.3, 0.4) is 0 Å². The molecule has 9 heteroatoms. The first-order valence-corrected chi connectivity index (χ1v) is 9.64. The van der Waals surface area contributed by atoms with Gasteiger partial charge in [-0.2, -0.15) is 4.31 Å². The largest absolute Gasteiger partial charge is 0.389 e. The van der Waals surface area contributed by atoms with E-state index in [9.17, 15) is 21.9 Å². The Morgan fingerprint density at radius 2 is 1.76 bits per heavy atom. The Morgan fingerprint density at radius 3 is 2.19 bits per heavy atom. The van der Waals surface area contributed by atoms with Gasteiger partial charge in [0.05, 0.1) is 15.5 Å². The summed E-state index contributed by atoms with van der Waals surface area (Å²) in [6.45, 7) is 2.77. The number of benzene rings is 1. The van der Waals surface area contributed by atoms with E-state index in [0.717, 1.165) is 16.6 Å². The standard InChI is InChI=1S/C12H18ClNO5S2/c1-12(2,15)8-14(3)21(18,19)11-7-9(20(4,16)17)5-6-10(11)13/h5-7,15H,8H2,1-4H3. The Bertz CT molecular complexity index is 735. The second-order valence-electron chi connectivity index (χ2n) is 5.44. The van der Waals surface area contributed by atoms with E-state index in [4.69, 9.17) is 11.6 Å². The van der Waals surface area contributed by atoms with Crippen LogP contribution in [0, 0.1) is 0 Å². The molecule has 0 fully saturated rings. The molecule has 0 aliphatic heterocycles. The maximum atomic E-state index is 12.4. The number of rotatable bonds is 5. The molecule has 21 heavy (non-hydrogen) atoms. The molecule has 0 amide bonds. The fraction of sp³-hybridized carbons (Fsp3) is 0.500. The lowest BCUT2D eigenvalue weighted by Crippen LogP contribution is -2.39. The SMILES string of the molecule is CN(CC(C)(C)O)S(=O)(=O)c1cc(S(C)(=O)=O)ccc1Cl. The molecule has 1 aromatic rings. The van der Waals surface area contributed by atoms with Crippen LogP contribution in [0.2, 0.25) is 5.02 Å². The van der Waals surface area contributed by atoms with Crippen LogP contribution in [0.4, 0.5) is 0 Å². The van der Waals surface area contributed by atoms with Crippen LogP contribution in [0.5, 0.6) is 0 Å². The molecule has 0 radical (unpaired) electrons. The second kappa shape index (κ2) is 5.85. The summed E-state index contributed by atoms with van der Waals surface area (Å²) in [6.07, 6.45) is 0.979. The van der Waals surface area contributed by atoms with Crippen molar-refractivity contribution >= 4 is 31.5 Å². The number of sulfonamides is 1. The lowest BCUT2D eigenvalue weighted by atomic mass is 10.1. The van der Waals surface area contributed by atoms with Gasteiger partial charge in [-0.25, -0.2) is 16.8 Å². The third-order valence-corrected chi connectivity index (χ3v) is 6.02. The highest BCUT2D eigenvalue weighted by atomic mass is 35.5. The number of likely N-dealkylation sites (N-methyl/N-ethyl adjacent to an activating group) is 1. The topological polar surface area (TPSA) is 91.8 Å². The summed E-state index contributed by atoms with van der Waals surface area (Å²) in [5, 5.41) is 9.64. The van der Waals surface area contributed by atoms with Crippen molar-refractivity contribution in [3.8, 4) is 0 Å². The van der Waals surface area contributed by atoms with Gasteiger partial charge in [0.15, 0.2) is 9.84 Å². The molecule has 0 heterocycles. The van der Waals surface area contributed by atoms with E-state index in [1.165, 1.54) is 33.0 Å². The summed E-state index contributed by atoms with van der Waals surface area (Å²) in [6, 6.07) is 3.49. The fourth-order valence-corrected chi connectivity index (χ4v) is 4.25. The van der Waals surface area contributed by atoms with E-state index in [0.29, 0.717) is 0 Å². The number of halogens is 1. The summed E-state index contributed by atoms with van der Waals surface area (Å²) >= 11 is 5.88. The van der Waals surface area contributed by atoms with Crippen LogP contribution < -0.4 is 0 Å². The molecule has 0 aromatic heterocycles. The van der Waals surface area contributed by atoms with E-state index >= 15 is 0 Å². The molecule has 0 aliphatic rings. The first kappa shape index (κ1) is 18.4. The van der Waals surface area contributed by atoms with Gasteiger partial charge in [0.2, 0.25) is 10.0 Å². The Labute approximate surface area is 130 Å². The average molecular weight is 356 g/mol. The van der Waals surface area contributed by atoms with Crippen LogP contribution in [0.1, 0.15) is 13.8 Å². The highest BCUT2D eigenvalue weighted by Crippen LogP contribution is 2.27. The predicted molar refractivity (Wildman–Crippen MR) is 80.7 cm³/mol. The molecule has 1 aromatic carbocycles. The molecule has 0 spiro atoms. The predicted octanol–water partition coefficient (Wildman–Crippen LogP) is 1.13. The lowest BCUT2D eigenvalue weighted by Gasteiger charge is -2.25. The first-order valence-electron chi connectivity index (χ1n) is 5.93. The Kier molecular flexibility index (Phi) is 5.12. The first-order chi connectivity index (χ1) is 9.25. The Morgan fingerprint density at radius 1 is 1.24 bits per heavy atom. The zero-order chi connectivity index (χ0) is 16.6. The molecule has 0 saturated carbocycles. The van der Waals surface area contributed by atoms with Crippen molar-refractivity contribution < 1.29 is 21.9 Å². The molecule has 0 bridgehead atoms. The molecule has 0 atom stereocenters. The van der Waals surface area contributed by atoms with Crippen molar-refractivity contribution in [3.63, 3.8) is 0 Å². The van der Waals surface area contributed by atoms with E-state index in [1.54, 1.807) is 0 Å². The van der Waals surface area contributed by atoms with Crippen molar-refractivity contribution in [2.45, 2.75) is 29.2 Å². The summed E-state index contributed by atoms with van der Waals surface area (Å²) < 4.78 is 48.9. The summed E-state index contributed by atoms with van der Waals surface area (Å²) in [4.78, 5) is -0.444. The van der Waals surface area contributed by atoms with E-state index in [-0.39, 0.29) is 21.4 Å². The van der Waals surface area contributed by atoms with Gasteiger partial charge in [-0.15, -0.1) is 0 Å². The van der Waals surface area contributed by atoms with Crippen molar-refractivity contribution in [2.24, 2.45) is 0 Å². The van der Waals surface area contributed by atoms with Gasteiger partial charge >= 0.3 is 0 Å². The van der Waals surface area contributed by atoms with Gasteiger partial charge in [-0.05, 0) is 32.0 Å². The second-order valence-corrected chi connectivity index (χ2v) is 9.87. The normalized spacial score (nSPS) is 13.7. The Hall–Kier alpha value is -0.670. The zero-order valence-corrected chi connectivity index (χ0v) is 14.5. The highest BCUT2D eigenvalue weighted by molar-refractivity contribution is 7.91. The van der Waals surface area contributed by atoms with Crippen LogP contribution in [-0.4, -0.2) is 51.7 Å². The summed E-state index contributed by atoms with van der Waals surface area (Å²) in [7, 11) is -6.27. The van der Waals surface area contributed by atoms with Gasteiger partial charge < -0.3 is 5.11 Å². The van der Waals surface area contributed by atoms with Crippen molar-refractivity contribution in [2.75, 3.05) is 19.8 Å². The maximum absolute atomic E-state index is 12.4. The van der Waals surface area contributed by atoms with Crippen LogP contribution >= 0.6 is 11.6 Å². The number of aliphatic hydroxyl groups is 1. The fourth-order valence-electron chi connectivity index (χ4n) is 1.71. The summed E-state index contributed by atoms with van der Waals surface area (Å²) in [5.41, 5.74) is -1.23. The minimum atomic E-state index is -4.01. The number of hydrogen-bond acceptors (Lipinski definition) is 5. The quantitative estimate of drug-likeness (QED) is 0.855. The molecular formula is C12H18ClNO5S2. The van der Waals surface area contributed by atoms with Gasteiger partial charge in [0.1, 0.15) is 4.90 Å². The minimum Gasteiger partial charge on any atom is -0.389 e. The third-order valence-electron chi connectivity index (χ3n) is 2.63. The minimum absolute atomic E-state index is 0.0787. The van der Waals surface area contributed by atoms with Crippen LogP contribution in [-0.2, 0) is 19.9 Å². The van der Waals surface area contributed by atoms with E-state index in [1.807, 2.05) is 0 Å². The molecule has 6 nitrogen and oxygen atoms in total. The molecule has 1 N–H and O–H groups in total. The molecule has 120 valence electrons. The highest BCUT2D eigenvalue weighted by Gasteiger charge is 2.29. The molecule has 0 saturated heterocycles. The van der Waals surface area contributed by atoms with Gasteiger partial charge in [-0.3, -0.25) is 0 Å². The molecule has 0 aliphatic carbocycles. The van der Waals surface area contributed by atoms with Crippen LogP contribution in [0.15, 0.2) is 28.0 Å². The Balaban J connectivity index is 3.38. The number of sulfone groups is 1. The van der Waals surface area contributed by atoms with E-state index in [2.05, 4.69) is 0 Å². The molecule has 1 rings (SSSR count). The zero-order valence-electron chi connectivity index (χ0n) is 12.2. The average Bonchev–Trinajstić information content (AvgIpc) is 2.25. The van der Waals surface area contributed by atoms with E-state index < -0.39 is 25.5 Å². The summed E-state index contributed by atoms with van der Waals surface area (Å²) in [5.74, 6) is 0. The molecular weight excluding hydrogens is 338 g/mol. The van der Waals surface area contributed by atoms with Crippen molar-refractivity contribution in [3.05, 3.63) is 23.2 Å².